The maximum atomic E-state index is 13.0. The quantitative estimate of drug-likeness (QED) is 0.529. The zero-order valence-corrected chi connectivity index (χ0v) is 18.3. The SMILES string of the molecule is COc1cc(C(=O)Nc2ccc(S(=O)(=O)Nc3ccc(F)cc3)cc2)cc(OC)c1OC. The van der Waals surface area contributed by atoms with Gasteiger partial charge in [0.15, 0.2) is 11.5 Å². The number of ether oxygens (including phenoxy) is 3. The van der Waals surface area contributed by atoms with Crippen molar-refractivity contribution in [2.24, 2.45) is 0 Å². The number of hydrogen-bond donors (Lipinski definition) is 2. The van der Waals surface area contributed by atoms with E-state index in [0.29, 0.717) is 22.9 Å². The molecule has 168 valence electrons. The molecular weight excluding hydrogens is 439 g/mol. The van der Waals surface area contributed by atoms with E-state index in [9.17, 15) is 17.6 Å². The Morgan fingerprint density at radius 2 is 1.34 bits per heavy atom. The average molecular weight is 460 g/mol. The van der Waals surface area contributed by atoms with E-state index < -0.39 is 21.7 Å². The Morgan fingerprint density at radius 1 is 0.812 bits per heavy atom. The Morgan fingerprint density at radius 3 is 1.84 bits per heavy atom. The maximum Gasteiger partial charge on any atom is 0.261 e. The summed E-state index contributed by atoms with van der Waals surface area (Å²) < 4.78 is 56.1. The van der Waals surface area contributed by atoms with Gasteiger partial charge in [0.1, 0.15) is 5.82 Å². The summed E-state index contributed by atoms with van der Waals surface area (Å²) in [7, 11) is 0.463. The van der Waals surface area contributed by atoms with E-state index in [-0.39, 0.29) is 16.1 Å². The molecule has 3 aromatic carbocycles. The number of carbonyl (C=O) groups is 1. The van der Waals surface area contributed by atoms with Crippen molar-refractivity contribution in [3.63, 3.8) is 0 Å². The van der Waals surface area contributed by atoms with Gasteiger partial charge in [0.05, 0.1) is 26.2 Å². The fourth-order valence-corrected chi connectivity index (χ4v) is 3.92. The van der Waals surface area contributed by atoms with Gasteiger partial charge in [-0.05, 0) is 60.7 Å². The normalized spacial score (nSPS) is 10.9. The molecule has 2 N–H and O–H groups in total. The lowest BCUT2D eigenvalue weighted by molar-refractivity contribution is 0.102. The van der Waals surface area contributed by atoms with E-state index >= 15 is 0 Å². The van der Waals surface area contributed by atoms with Crippen molar-refractivity contribution in [2.75, 3.05) is 31.4 Å². The number of hydrogen-bond acceptors (Lipinski definition) is 6. The Kier molecular flexibility index (Phi) is 6.84. The van der Waals surface area contributed by atoms with Gasteiger partial charge in [-0.3, -0.25) is 9.52 Å². The highest BCUT2D eigenvalue weighted by Gasteiger charge is 2.18. The lowest BCUT2D eigenvalue weighted by atomic mass is 10.1. The van der Waals surface area contributed by atoms with Crippen LogP contribution in [0.15, 0.2) is 65.6 Å². The summed E-state index contributed by atoms with van der Waals surface area (Å²) in [6.45, 7) is 0. The molecule has 0 aliphatic rings. The van der Waals surface area contributed by atoms with Crippen LogP contribution in [0.25, 0.3) is 0 Å². The van der Waals surface area contributed by atoms with E-state index in [2.05, 4.69) is 10.0 Å². The van der Waals surface area contributed by atoms with Gasteiger partial charge in [-0.1, -0.05) is 0 Å². The van der Waals surface area contributed by atoms with Crippen molar-refractivity contribution in [3.05, 3.63) is 72.0 Å². The fraction of sp³-hybridized carbons (Fsp3) is 0.136. The van der Waals surface area contributed by atoms with Crippen LogP contribution in [0.1, 0.15) is 10.4 Å². The number of nitrogens with one attached hydrogen (secondary N) is 2. The number of anilines is 2. The van der Waals surface area contributed by atoms with Crippen LogP contribution in [0.4, 0.5) is 15.8 Å². The molecule has 0 aliphatic carbocycles. The first kappa shape index (κ1) is 22.9. The lowest BCUT2D eigenvalue weighted by Crippen LogP contribution is -2.14. The van der Waals surface area contributed by atoms with Crippen LogP contribution in [-0.2, 0) is 10.0 Å². The number of carbonyl (C=O) groups excluding carboxylic acids is 1. The lowest BCUT2D eigenvalue weighted by Gasteiger charge is -2.14. The third-order valence-corrected chi connectivity index (χ3v) is 5.84. The molecular formula is C22H21FN2O6S. The highest BCUT2D eigenvalue weighted by atomic mass is 32.2. The summed E-state index contributed by atoms with van der Waals surface area (Å²) in [6.07, 6.45) is 0. The number of sulfonamides is 1. The van der Waals surface area contributed by atoms with Gasteiger partial charge in [-0.25, -0.2) is 12.8 Å². The van der Waals surface area contributed by atoms with Gasteiger partial charge in [-0.15, -0.1) is 0 Å². The molecule has 0 radical (unpaired) electrons. The maximum absolute atomic E-state index is 13.0. The van der Waals surface area contributed by atoms with Crippen LogP contribution in [-0.4, -0.2) is 35.7 Å². The number of benzene rings is 3. The van der Waals surface area contributed by atoms with Gasteiger partial charge >= 0.3 is 0 Å². The first-order valence-corrected chi connectivity index (χ1v) is 10.8. The van der Waals surface area contributed by atoms with Gasteiger partial charge in [0, 0.05) is 16.9 Å². The molecule has 8 nitrogen and oxygen atoms in total. The van der Waals surface area contributed by atoms with Crippen LogP contribution in [0, 0.1) is 5.82 Å². The van der Waals surface area contributed by atoms with Crippen molar-refractivity contribution in [2.45, 2.75) is 4.90 Å². The van der Waals surface area contributed by atoms with E-state index in [1.54, 1.807) is 0 Å². The van der Waals surface area contributed by atoms with Gasteiger partial charge in [0.25, 0.3) is 15.9 Å². The van der Waals surface area contributed by atoms with Gasteiger partial charge in [-0.2, -0.15) is 0 Å². The molecule has 0 atom stereocenters. The molecule has 0 bridgehead atoms. The van der Waals surface area contributed by atoms with Gasteiger partial charge in [0.2, 0.25) is 5.75 Å². The first-order chi connectivity index (χ1) is 15.3. The van der Waals surface area contributed by atoms with Crippen LogP contribution in [0.3, 0.4) is 0 Å². The van der Waals surface area contributed by atoms with Crippen molar-refractivity contribution in [1.29, 1.82) is 0 Å². The van der Waals surface area contributed by atoms with Crippen molar-refractivity contribution in [1.82, 2.24) is 0 Å². The van der Waals surface area contributed by atoms with Gasteiger partial charge < -0.3 is 19.5 Å². The number of halogens is 1. The van der Waals surface area contributed by atoms with Crippen LogP contribution in [0.2, 0.25) is 0 Å². The molecule has 3 aromatic rings. The minimum Gasteiger partial charge on any atom is -0.493 e. The average Bonchev–Trinajstić information content (AvgIpc) is 2.79. The monoisotopic (exact) mass is 460 g/mol. The molecule has 3 rings (SSSR count). The molecule has 0 unspecified atom stereocenters. The molecule has 10 heteroatoms. The molecule has 0 fully saturated rings. The first-order valence-electron chi connectivity index (χ1n) is 9.27. The zero-order chi connectivity index (χ0) is 23.3. The molecule has 0 saturated heterocycles. The summed E-state index contributed by atoms with van der Waals surface area (Å²) in [5.41, 5.74) is 0.866. The summed E-state index contributed by atoms with van der Waals surface area (Å²) in [5.74, 6) is 0.0785. The Bertz CT molecular complexity index is 1190. The summed E-state index contributed by atoms with van der Waals surface area (Å²) >= 11 is 0. The minimum atomic E-state index is -3.88. The summed E-state index contributed by atoms with van der Waals surface area (Å²) in [6, 6.07) is 13.5. The predicted molar refractivity (Wildman–Crippen MR) is 118 cm³/mol. The van der Waals surface area contributed by atoms with E-state index in [1.807, 2.05) is 0 Å². The number of rotatable bonds is 8. The molecule has 0 heterocycles. The number of methoxy groups -OCH3 is 3. The smallest absolute Gasteiger partial charge is 0.261 e. The Labute approximate surface area is 185 Å². The molecule has 0 aromatic heterocycles. The second-order valence-electron chi connectivity index (χ2n) is 6.50. The molecule has 0 aliphatic heterocycles. The second-order valence-corrected chi connectivity index (χ2v) is 8.19. The number of amides is 1. The molecule has 0 saturated carbocycles. The van der Waals surface area contributed by atoms with Crippen LogP contribution >= 0.6 is 0 Å². The van der Waals surface area contributed by atoms with E-state index in [1.165, 1.54) is 69.9 Å². The third-order valence-electron chi connectivity index (χ3n) is 4.45. The molecule has 32 heavy (non-hydrogen) atoms. The summed E-state index contributed by atoms with van der Waals surface area (Å²) in [4.78, 5) is 12.7. The Balaban J connectivity index is 1.77. The Hall–Kier alpha value is -3.79. The molecule has 0 spiro atoms. The van der Waals surface area contributed by atoms with E-state index in [4.69, 9.17) is 14.2 Å². The predicted octanol–water partition coefficient (Wildman–Crippen LogP) is 3.90. The topological polar surface area (TPSA) is 103 Å². The fourth-order valence-electron chi connectivity index (χ4n) is 2.86. The largest absolute Gasteiger partial charge is 0.493 e. The van der Waals surface area contributed by atoms with Crippen molar-refractivity contribution < 1.29 is 31.8 Å². The molecule has 1 amide bonds. The highest BCUT2D eigenvalue weighted by molar-refractivity contribution is 7.92. The standard InChI is InChI=1S/C22H21FN2O6S/c1-29-19-12-14(13-20(30-2)21(19)31-3)22(26)24-16-8-10-18(11-9-16)32(27,28)25-17-6-4-15(23)5-7-17/h4-13,25H,1-3H3,(H,24,26). The van der Waals surface area contributed by atoms with Crippen molar-refractivity contribution >= 4 is 27.3 Å². The summed E-state index contributed by atoms with van der Waals surface area (Å²) in [5, 5.41) is 2.69. The minimum absolute atomic E-state index is 0.0207. The zero-order valence-electron chi connectivity index (χ0n) is 17.5. The van der Waals surface area contributed by atoms with Crippen LogP contribution < -0.4 is 24.2 Å². The van der Waals surface area contributed by atoms with Crippen LogP contribution in [0.5, 0.6) is 17.2 Å². The highest BCUT2D eigenvalue weighted by Crippen LogP contribution is 2.38. The van der Waals surface area contributed by atoms with E-state index in [0.717, 1.165) is 12.1 Å². The third kappa shape index (κ3) is 5.09. The second kappa shape index (κ2) is 9.56. The van der Waals surface area contributed by atoms with Crippen molar-refractivity contribution in [3.8, 4) is 17.2 Å².